The van der Waals surface area contributed by atoms with Crippen LogP contribution in [0.5, 0.6) is 0 Å². The third kappa shape index (κ3) is 4.14. The van der Waals surface area contributed by atoms with Crippen LogP contribution in [0.2, 0.25) is 0 Å². The number of amides is 2. The molecule has 150 valence electrons. The van der Waals surface area contributed by atoms with Gasteiger partial charge in [0.1, 0.15) is 12.4 Å². The van der Waals surface area contributed by atoms with Gasteiger partial charge in [-0.25, -0.2) is 4.98 Å². The van der Waals surface area contributed by atoms with Gasteiger partial charge in [-0.2, -0.15) is 5.10 Å². The van der Waals surface area contributed by atoms with Crippen LogP contribution < -0.4 is 10.2 Å². The summed E-state index contributed by atoms with van der Waals surface area (Å²) < 4.78 is 6.69. The minimum absolute atomic E-state index is 0.0154. The first-order valence-electron chi connectivity index (χ1n) is 9.09. The van der Waals surface area contributed by atoms with Crippen molar-refractivity contribution in [1.82, 2.24) is 25.0 Å². The van der Waals surface area contributed by atoms with Crippen molar-refractivity contribution >= 4 is 17.6 Å². The average molecular weight is 386 g/mol. The molecule has 0 aromatic carbocycles. The fourth-order valence-electron chi connectivity index (χ4n) is 3.50. The molecule has 1 aliphatic heterocycles. The average Bonchev–Trinajstić information content (AvgIpc) is 3.27. The summed E-state index contributed by atoms with van der Waals surface area (Å²) in [5.74, 6) is 0.432. The Morgan fingerprint density at radius 2 is 2.07 bits per heavy atom. The summed E-state index contributed by atoms with van der Waals surface area (Å²) in [5, 5.41) is 7.21. The smallest absolute Gasteiger partial charge is 0.255 e. The van der Waals surface area contributed by atoms with E-state index in [4.69, 9.17) is 4.74 Å². The second-order valence-electron chi connectivity index (χ2n) is 7.10. The quantitative estimate of drug-likeness (QED) is 0.765. The minimum Gasteiger partial charge on any atom is -0.375 e. The standard InChI is InChI=1S/C19H26N6O3/c1-23(2)17-6-5-13(9-20-17)19(27)25-10-14(16-7-8-21-24(16)3)15(11-25)22-18(26)12-28-4/h5-9,14-15H,10-12H2,1-4H3,(H,22,26)/t14-,15-/m1/s1. The maximum absolute atomic E-state index is 13.0. The molecule has 28 heavy (non-hydrogen) atoms. The fourth-order valence-corrected chi connectivity index (χ4v) is 3.50. The van der Waals surface area contributed by atoms with Gasteiger partial charge in [0.15, 0.2) is 0 Å². The fraction of sp³-hybridized carbons (Fsp3) is 0.474. The molecule has 0 unspecified atom stereocenters. The number of hydrogen-bond donors (Lipinski definition) is 1. The van der Waals surface area contributed by atoms with Crippen molar-refractivity contribution in [3.8, 4) is 0 Å². The Morgan fingerprint density at radius 3 is 2.64 bits per heavy atom. The van der Waals surface area contributed by atoms with Gasteiger partial charge >= 0.3 is 0 Å². The number of methoxy groups -OCH3 is 1. The van der Waals surface area contributed by atoms with Crippen LogP contribution in [0.25, 0.3) is 0 Å². The highest BCUT2D eigenvalue weighted by Gasteiger charge is 2.38. The van der Waals surface area contributed by atoms with Gasteiger partial charge in [-0.15, -0.1) is 0 Å². The molecule has 1 fully saturated rings. The Balaban J connectivity index is 1.79. The number of aromatic nitrogens is 3. The molecule has 2 aromatic heterocycles. The van der Waals surface area contributed by atoms with Gasteiger partial charge in [0.05, 0.1) is 11.6 Å². The van der Waals surface area contributed by atoms with Crippen molar-refractivity contribution in [2.45, 2.75) is 12.0 Å². The monoisotopic (exact) mass is 386 g/mol. The van der Waals surface area contributed by atoms with Crippen LogP contribution in [0.3, 0.4) is 0 Å². The van der Waals surface area contributed by atoms with Gasteiger partial charge in [0.2, 0.25) is 5.91 Å². The molecule has 9 nitrogen and oxygen atoms in total. The molecular formula is C19H26N6O3. The van der Waals surface area contributed by atoms with Gasteiger partial charge in [-0.3, -0.25) is 14.3 Å². The zero-order chi connectivity index (χ0) is 20.3. The van der Waals surface area contributed by atoms with Crippen LogP contribution in [0.4, 0.5) is 5.82 Å². The highest BCUT2D eigenvalue weighted by molar-refractivity contribution is 5.94. The maximum Gasteiger partial charge on any atom is 0.255 e. The summed E-state index contributed by atoms with van der Waals surface area (Å²) in [6.45, 7) is 0.893. The van der Waals surface area contributed by atoms with E-state index in [1.165, 1.54) is 7.11 Å². The summed E-state index contributed by atoms with van der Waals surface area (Å²) >= 11 is 0. The van der Waals surface area contributed by atoms with E-state index in [0.29, 0.717) is 18.7 Å². The van der Waals surface area contributed by atoms with Crippen molar-refractivity contribution in [2.75, 3.05) is 45.8 Å². The van der Waals surface area contributed by atoms with Crippen LogP contribution >= 0.6 is 0 Å². The zero-order valence-electron chi connectivity index (χ0n) is 16.6. The largest absolute Gasteiger partial charge is 0.375 e. The van der Waals surface area contributed by atoms with Crippen molar-refractivity contribution in [3.05, 3.63) is 41.9 Å². The molecular weight excluding hydrogens is 360 g/mol. The first-order valence-corrected chi connectivity index (χ1v) is 9.09. The molecule has 1 aliphatic rings. The number of aryl methyl sites for hydroxylation is 1. The Bertz CT molecular complexity index is 832. The number of anilines is 1. The number of nitrogens with one attached hydrogen (secondary N) is 1. The van der Waals surface area contributed by atoms with Gasteiger partial charge in [0, 0.05) is 65.3 Å². The molecule has 2 aromatic rings. The number of likely N-dealkylation sites (tertiary alicyclic amines) is 1. The third-order valence-electron chi connectivity index (χ3n) is 4.92. The zero-order valence-corrected chi connectivity index (χ0v) is 16.6. The van der Waals surface area contributed by atoms with Gasteiger partial charge in [0.25, 0.3) is 5.91 Å². The number of carbonyl (C=O) groups excluding carboxylic acids is 2. The lowest BCUT2D eigenvalue weighted by atomic mass is 9.99. The lowest BCUT2D eigenvalue weighted by molar-refractivity contribution is -0.125. The topological polar surface area (TPSA) is 92.6 Å². The molecule has 0 radical (unpaired) electrons. The van der Waals surface area contributed by atoms with E-state index in [2.05, 4.69) is 15.4 Å². The summed E-state index contributed by atoms with van der Waals surface area (Å²) in [4.78, 5) is 33.0. The van der Waals surface area contributed by atoms with Crippen LogP contribution in [0.1, 0.15) is 22.0 Å². The maximum atomic E-state index is 13.0. The van der Waals surface area contributed by atoms with E-state index in [1.807, 2.05) is 38.2 Å². The number of ether oxygens (including phenoxy) is 1. The Hall–Kier alpha value is -2.94. The highest BCUT2D eigenvalue weighted by Crippen LogP contribution is 2.28. The molecule has 1 saturated heterocycles. The van der Waals surface area contributed by atoms with Crippen molar-refractivity contribution in [3.63, 3.8) is 0 Å². The number of pyridine rings is 1. The molecule has 2 atom stereocenters. The van der Waals surface area contributed by atoms with Gasteiger partial charge in [-0.1, -0.05) is 0 Å². The van der Waals surface area contributed by atoms with Crippen molar-refractivity contribution in [1.29, 1.82) is 0 Å². The SMILES string of the molecule is COCC(=O)N[C@@H]1CN(C(=O)c2ccc(N(C)C)nc2)C[C@H]1c1ccnn1C. The molecule has 0 spiro atoms. The lowest BCUT2D eigenvalue weighted by Gasteiger charge is -2.19. The minimum atomic E-state index is -0.212. The number of rotatable bonds is 6. The van der Waals surface area contributed by atoms with E-state index in [-0.39, 0.29) is 30.4 Å². The molecule has 0 bridgehead atoms. The molecule has 2 amide bonds. The molecule has 0 saturated carbocycles. The molecule has 1 N–H and O–H groups in total. The van der Waals surface area contributed by atoms with Crippen LogP contribution in [-0.4, -0.2) is 78.4 Å². The van der Waals surface area contributed by atoms with Crippen molar-refractivity contribution in [2.24, 2.45) is 7.05 Å². The molecule has 9 heteroatoms. The van der Waals surface area contributed by atoms with E-state index in [1.54, 1.807) is 28.0 Å². The summed E-state index contributed by atoms with van der Waals surface area (Å²) in [6.07, 6.45) is 3.31. The molecule has 3 heterocycles. The first kappa shape index (κ1) is 19.8. The normalized spacial score (nSPS) is 18.9. The summed E-state index contributed by atoms with van der Waals surface area (Å²) in [6, 6.07) is 5.30. The number of carbonyl (C=O) groups is 2. The molecule has 0 aliphatic carbocycles. The lowest BCUT2D eigenvalue weighted by Crippen LogP contribution is -2.42. The first-order chi connectivity index (χ1) is 13.4. The second-order valence-corrected chi connectivity index (χ2v) is 7.10. The van der Waals surface area contributed by atoms with Crippen LogP contribution in [0, 0.1) is 0 Å². The Kier molecular flexibility index (Phi) is 5.93. The Labute approximate surface area is 164 Å². The second kappa shape index (κ2) is 8.39. The number of nitrogens with zero attached hydrogens (tertiary/aromatic N) is 5. The number of hydrogen-bond acceptors (Lipinski definition) is 6. The predicted octanol–water partition coefficient (Wildman–Crippen LogP) is 0.252. The van der Waals surface area contributed by atoms with Gasteiger partial charge in [-0.05, 0) is 18.2 Å². The predicted molar refractivity (Wildman–Crippen MR) is 104 cm³/mol. The van der Waals surface area contributed by atoms with E-state index >= 15 is 0 Å². The Morgan fingerprint density at radius 1 is 1.29 bits per heavy atom. The summed E-state index contributed by atoms with van der Waals surface area (Å²) in [7, 11) is 7.14. The van der Waals surface area contributed by atoms with Crippen molar-refractivity contribution < 1.29 is 14.3 Å². The molecule has 3 rings (SSSR count). The van der Waals surface area contributed by atoms with E-state index < -0.39 is 0 Å². The van der Waals surface area contributed by atoms with Crippen LogP contribution in [-0.2, 0) is 16.6 Å². The third-order valence-corrected chi connectivity index (χ3v) is 4.92. The van der Waals surface area contributed by atoms with Gasteiger partial charge < -0.3 is 19.9 Å². The highest BCUT2D eigenvalue weighted by atomic mass is 16.5. The van der Waals surface area contributed by atoms with E-state index in [0.717, 1.165) is 11.5 Å². The van der Waals surface area contributed by atoms with E-state index in [9.17, 15) is 9.59 Å². The van der Waals surface area contributed by atoms with Crippen LogP contribution in [0.15, 0.2) is 30.6 Å². The summed E-state index contributed by atoms with van der Waals surface area (Å²) in [5.41, 5.74) is 1.50.